The van der Waals surface area contributed by atoms with Gasteiger partial charge in [-0.25, -0.2) is 9.91 Å². The Morgan fingerprint density at radius 3 is 2.20 bits per heavy atom. The molecule has 4 amide bonds. The van der Waals surface area contributed by atoms with Crippen molar-refractivity contribution in [3.05, 3.63) is 42.0 Å². The highest BCUT2D eigenvalue weighted by molar-refractivity contribution is 6.23. The molecule has 0 aromatic heterocycles. The largest absolute Gasteiger partial charge is 0.497 e. The Bertz CT molecular complexity index is 1120. The summed E-state index contributed by atoms with van der Waals surface area (Å²) in [6.45, 7) is 1.59. The summed E-state index contributed by atoms with van der Waals surface area (Å²) in [4.78, 5) is 52.9. The molecule has 0 saturated carbocycles. The first-order chi connectivity index (χ1) is 16.8. The van der Waals surface area contributed by atoms with Crippen LogP contribution in [0.25, 0.3) is 0 Å². The van der Waals surface area contributed by atoms with E-state index in [1.54, 1.807) is 31.2 Å². The summed E-state index contributed by atoms with van der Waals surface area (Å²) in [5.74, 6) is -1.17. The smallest absolute Gasteiger partial charge is 0.270 e. The molecule has 1 heterocycles. The van der Waals surface area contributed by atoms with Gasteiger partial charge in [0.05, 0.1) is 40.5 Å². The maximum atomic E-state index is 13.2. The minimum atomic E-state index is -1.22. The van der Waals surface area contributed by atoms with Gasteiger partial charge in [0.25, 0.3) is 11.8 Å². The summed E-state index contributed by atoms with van der Waals surface area (Å²) in [6.07, 6.45) is -0.302. The fourth-order valence-corrected chi connectivity index (χ4v) is 3.71. The first-order valence-corrected chi connectivity index (χ1v) is 10.7. The minimum Gasteiger partial charge on any atom is -0.497 e. The Labute approximate surface area is 202 Å². The molecule has 0 aliphatic carbocycles. The standard InChI is InChI=1S/C24H27N3O8/c1-6-20(28)27(25-23(30)14-10-18(33-3)22(35-5)19(11-14)34-4)17-13-21(29)26(24(17)31)15-8-7-9-16(12-15)32-2/h7-12,17H,6,13H2,1-5H3,(H,25,30). The SMILES string of the molecule is CCC(=O)N(NC(=O)c1cc(OC)c(OC)c(OC)c1)C1CC(=O)N(c2cccc(OC)c2)C1=O. The second-order valence-electron chi connectivity index (χ2n) is 7.46. The summed E-state index contributed by atoms with van der Waals surface area (Å²) < 4.78 is 21.0. The van der Waals surface area contributed by atoms with Gasteiger partial charge in [-0.15, -0.1) is 0 Å². The first kappa shape index (κ1) is 25.3. The minimum absolute atomic E-state index is 0.00728. The summed E-state index contributed by atoms with van der Waals surface area (Å²) in [5.41, 5.74) is 2.88. The van der Waals surface area contributed by atoms with Crippen LogP contribution in [0.4, 0.5) is 5.69 Å². The molecule has 1 aliphatic heterocycles. The summed E-state index contributed by atoms with van der Waals surface area (Å²) in [7, 11) is 5.71. The van der Waals surface area contributed by atoms with E-state index in [2.05, 4.69) is 5.43 Å². The van der Waals surface area contributed by atoms with Gasteiger partial charge in [-0.1, -0.05) is 13.0 Å². The van der Waals surface area contributed by atoms with Crippen LogP contribution in [0.2, 0.25) is 0 Å². The van der Waals surface area contributed by atoms with E-state index in [0.717, 1.165) is 9.91 Å². The van der Waals surface area contributed by atoms with E-state index in [1.807, 2.05) is 0 Å². The van der Waals surface area contributed by atoms with Crippen LogP contribution in [0.3, 0.4) is 0 Å². The number of ether oxygens (including phenoxy) is 4. The predicted molar refractivity (Wildman–Crippen MR) is 125 cm³/mol. The number of hydrogen-bond donors (Lipinski definition) is 1. The van der Waals surface area contributed by atoms with Gasteiger partial charge < -0.3 is 18.9 Å². The fourth-order valence-electron chi connectivity index (χ4n) is 3.71. The van der Waals surface area contributed by atoms with Gasteiger partial charge >= 0.3 is 0 Å². The van der Waals surface area contributed by atoms with Gasteiger partial charge in [-0.2, -0.15) is 0 Å². The van der Waals surface area contributed by atoms with E-state index < -0.39 is 29.7 Å². The summed E-state index contributed by atoms with van der Waals surface area (Å²) in [6, 6.07) is 8.05. The van der Waals surface area contributed by atoms with Crippen LogP contribution in [-0.4, -0.2) is 63.1 Å². The molecule has 11 heteroatoms. The molecular formula is C24H27N3O8. The lowest BCUT2D eigenvalue weighted by Gasteiger charge is -2.27. The van der Waals surface area contributed by atoms with Gasteiger partial charge in [0, 0.05) is 18.1 Å². The van der Waals surface area contributed by atoms with Crippen LogP contribution in [0.15, 0.2) is 36.4 Å². The number of carbonyl (C=O) groups excluding carboxylic acids is 4. The van der Waals surface area contributed by atoms with Crippen LogP contribution in [0.5, 0.6) is 23.0 Å². The number of anilines is 1. The van der Waals surface area contributed by atoms with Crippen molar-refractivity contribution in [3.8, 4) is 23.0 Å². The molecule has 1 atom stereocenters. The third kappa shape index (κ3) is 4.98. The van der Waals surface area contributed by atoms with Gasteiger partial charge in [-0.05, 0) is 24.3 Å². The summed E-state index contributed by atoms with van der Waals surface area (Å²) in [5, 5.41) is 0.909. The number of benzene rings is 2. The van der Waals surface area contributed by atoms with Gasteiger partial charge in [-0.3, -0.25) is 24.6 Å². The van der Waals surface area contributed by atoms with Crippen molar-refractivity contribution in [3.63, 3.8) is 0 Å². The maximum absolute atomic E-state index is 13.2. The predicted octanol–water partition coefficient (Wildman–Crippen LogP) is 1.94. The second-order valence-corrected chi connectivity index (χ2v) is 7.46. The first-order valence-electron chi connectivity index (χ1n) is 10.7. The number of amides is 4. The molecule has 35 heavy (non-hydrogen) atoms. The molecule has 2 aromatic rings. The van der Waals surface area contributed by atoms with Crippen LogP contribution in [0, 0.1) is 0 Å². The molecule has 1 unspecified atom stereocenters. The molecular weight excluding hydrogens is 458 g/mol. The van der Waals surface area contributed by atoms with E-state index in [4.69, 9.17) is 18.9 Å². The Morgan fingerprint density at radius 2 is 1.66 bits per heavy atom. The molecule has 11 nitrogen and oxygen atoms in total. The average molecular weight is 485 g/mol. The number of nitrogens with one attached hydrogen (secondary N) is 1. The molecule has 1 N–H and O–H groups in total. The Balaban J connectivity index is 1.92. The Morgan fingerprint density at radius 1 is 1.00 bits per heavy atom. The molecule has 1 aliphatic rings. The number of hydrazine groups is 1. The van der Waals surface area contributed by atoms with E-state index in [0.29, 0.717) is 17.2 Å². The molecule has 0 spiro atoms. The van der Waals surface area contributed by atoms with E-state index in [-0.39, 0.29) is 29.9 Å². The van der Waals surface area contributed by atoms with Crippen LogP contribution in [0.1, 0.15) is 30.1 Å². The van der Waals surface area contributed by atoms with Crippen molar-refractivity contribution in [2.45, 2.75) is 25.8 Å². The van der Waals surface area contributed by atoms with Gasteiger partial charge in [0.2, 0.25) is 17.6 Å². The number of nitrogens with zero attached hydrogens (tertiary/aromatic N) is 2. The lowest BCUT2D eigenvalue weighted by Crippen LogP contribution is -2.54. The van der Waals surface area contributed by atoms with Crippen LogP contribution >= 0.6 is 0 Å². The molecule has 1 saturated heterocycles. The number of carbonyl (C=O) groups is 4. The molecule has 0 bridgehead atoms. The molecule has 1 fully saturated rings. The number of rotatable bonds is 8. The third-order valence-corrected chi connectivity index (χ3v) is 5.47. The molecule has 0 radical (unpaired) electrons. The molecule has 186 valence electrons. The maximum Gasteiger partial charge on any atom is 0.270 e. The quantitative estimate of drug-likeness (QED) is 0.444. The van der Waals surface area contributed by atoms with Crippen molar-refractivity contribution in [1.29, 1.82) is 0 Å². The van der Waals surface area contributed by atoms with Crippen LogP contribution in [-0.2, 0) is 14.4 Å². The van der Waals surface area contributed by atoms with Crippen molar-refractivity contribution in [2.24, 2.45) is 0 Å². The number of imide groups is 1. The summed E-state index contributed by atoms with van der Waals surface area (Å²) >= 11 is 0. The zero-order valence-corrected chi connectivity index (χ0v) is 20.1. The fraction of sp³-hybridized carbons (Fsp3) is 0.333. The van der Waals surface area contributed by atoms with Gasteiger partial charge in [0.15, 0.2) is 11.5 Å². The highest BCUT2D eigenvalue weighted by Gasteiger charge is 2.45. The van der Waals surface area contributed by atoms with Crippen LogP contribution < -0.4 is 29.3 Å². The lowest BCUT2D eigenvalue weighted by molar-refractivity contribution is -0.140. The normalized spacial score (nSPS) is 15.0. The molecule has 3 rings (SSSR count). The van der Waals surface area contributed by atoms with Crippen molar-refractivity contribution < 1.29 is 38.1 Å². The van der Waals surface area contributed by atoms with Gasteiger partial charge in [0.1, 0.15) is 11.8 Å². The zero-order valence-electron chi connectivity index (χ0n) is 20.1. The third-order valence-electron chi connectivity index (χ3n) is 5.47. The Kier molecular flexibility index (Phi) is 7.80. The van der Waals surface area contributed by atoms with E-state index >= 15 is 0 Å². The highest BCUT2D eigenvalue weighted by atomic mass is 16.5. The van der Waals surface area contributed by atoms with Crippen molar-refractivity contribution in [1.82, 2.24) is 10.4 Å². The van der Waals surface area contributed by atoms with Crippen molar-refractivity contribution in [2.75, 3.05) is 33.3 Å². The highest BCUT2D eigenvalue weighted by Crippen LogP contribution is 2.38. The number of hydrogen-bond acceptors (Lipinski definition) is 8. The monoisotopic (exact) mass is 485 g/mol. The molecule has 2 aromatic carbocycles. The topological polar surface area (TPSA) is 124 Å². The lowest BCUT2D eigenvalue weighted by atomic mass is 10.1. The zero-order chi connectivity index (χ0) is 25.7. The van der Waals surface area contributed by atoms with E-state index in [1.165, 1.54) is 40.6 Å². The van der Waals surface area contributed by atoms with Crippen molar-refractivity contribution >= 4 is 29.3 Å². The average Bonchev–Trinajstić information content (AvgIpc) is 3.18. The number of methoxy groups -OCH3 is 4. The second kappa shape index (κ2) is 10.8. The van der Waals surface area contributed by atoms with E-state index in [9.17, 15) is 19.2 Å². The Hall–Kier alpha value is -4.28.